The maximum absolute atomic E-state index is 13.0. The number of likely N-dealkylation sites (tertiary alicyclic amines) is 1. The fourth-order valence-corrected chi connectivity index (χ4v) is 5.45. The zero-order valence-electron chi connectivity index (χ0n) is 19.2. The molecule has 0 bridgehead atoms. The Bertz CT molecular complexity index is 1050. The lowest BCUT2D eigenvalue weighted by molar-refractivity contribution is 0.0947. The zero-order chi connectivity index (χ0) is 22.5. The predicted molar refractivity (Wildman–Crippen MR) is 127 cm³/mol. The highest BCUT2D eigenvalue weighted by molar-refractivity contribution is 5.97. The molecule has 2 fully saturated rings. The topological polar surface area (TPSA) is 87.2 Å². The average molecular weight is 441 g/mol. The summed E-state index contributed by atoms with van der Waals surface area (Å²) in [5.74, 6) is -0.171. The van der Waals surface area contributed by atoms with Gasteiger partial charge in [-0.2, -0.15) is 0 Å². The summed E-state index contributed by atoms with van der Waals surface area (Å²) in [5.41, 5.74) is 0.264. The van der Waals surface area contributed by atoms with Crippen molar-refractivity contribution in [2.24, 2.45) is 0 Å². The van der Waals surface area contributed by atoms with Gasteiger partial charge >= 0.3 is 5.69 Å². The minimum absolute atomic E-state index is 0.0282. The zero-order valence-corrected chi connectivity index (χ0v) is 19.2. The van der Waals surface area contributed by atoms with E-state index in [4.69, 9.17) is 0 Å². The van der Waals surface area contributed by atoms with Gasteiger partial charge in [-0.1, -0.05) is 32.6 Å². The molecule has 1 atom stereocenters. The molecule has 2 N–H and O–H groups in total. The van der Waals surface area contributed by atoms with E-state index in [1.165, 1.54) is 30.3 Å². The van der Waals surface area contributed by atoms with Crippen LogP contribution in [0, 0.1) is 0 Å². The second kappa shape index (κ2) is 10.5. The van der Waals surface area contributed by atoms with Crippen molar-refractivity contribution in [3.63, 3.8) is 0 Å². The summed E-state index contributed by atoms with van der Waals surface area (Å²) in [6.07, 6.45) is 10.9. The monoisotopic (exact) mass is 440 g/mol. The van der Waals surface area contributed by atoms with Crippen LogP contribution in [0.25, 0.3) is 10.9 Å². The number of benzene rings is 1. The fourth-order valence-electron chi connectivity index (χ4n) is 5.45. The molecule has 2 heterocycles. The van der Waals surface area contributed by atoms with Crippen LogP contribution in [0.1, 0.15) is 87.5 Å². The Balaban J connectivity index is 1.40. The molecule has 0 spiro atoms. The van der Waals surface area contributed by atoms with E-state index in [2.05, 4.69) is 22.1 Å². The van der Waals surface area contributed by atoms with Crippen LogP contribution in [-0.2, 0) is 0 Å². The standard InChI is InChI=1S/C25H36N4O3/c1-2-19-9-6-7-15-28(19)16-8-14-26-23(30)18-12-13-21-22(17-18)27-25(32)29(24(21)31)20-10-4-3-5-11-20/h12-13,17,19-20H,2-11,14-16H2,1H3,(H,26,30)(H,27,32). The predicted octanol–water partition coefficient (Wildman–Crippen LogP) is 3.58. The van der Waals surface area contributed by atoms with Gasteiger partial charge in [0.15, 0.2) is 0 Å². The maximum atomic E-state index is 13.0. The third-order valence-corrected chi connectivity index (χ3v) is 7.26. The third kappa shape index (κ3) is 4.98. The van der Waals surface area contributed by atoms with E-state index >= 15 is 0 Å². The summed E-state index contributed by atoms with van der Waals surface area (Å²) in [7, 11) is 0. The lowest BCUT2D eigenvalue weighted by Gasteiger charge is -2.35. The Labute approximate surface area is 189 Å². The van der Waals surface area contributed by atoms with Crippen LogP contribution in [0.2, 0.25) is 0 Å². The van der Waals surface area contributed by atoms with Crippen LogP contribution in [-0.4, -0.2) is 46.0 Å². The van der Waals surface area contributed by atoms with E-state index in [0.717, 1.165) is 51.6 Å². The summed E-state index contributed by atoms with van der Waals surface area (Å²) in [4.78, 5) is 43.7. The van der Waals surface area contributed by atoms with Crippen molar-refractivity contribution in [2.45, 2.75) is 83.2 Å². The largest absolute Gasteiger partial charge is 0.352 e. The summed E-state index contributed by atoms with van der Waals surface area (Å²) in [6, 6.07) is 5.62. The average Bonchev–Trinajstić information content (AvgIpc) is 2.82. The number of amides is 1. The molecule has 2 aliphatic rings. The number of piperidine rings is 1. The molecule has 1 aliphatic heterocycles. The van der Waals surface area contributed by atoms with Crippen molar-refractivity contribution in [3.8, 4) is 0 Å². The lowest BCUT2D eigenvalue weighted by atomic mass is 9.95. The summed E-state index contributed by atoms with van der Waals surface area (Å²) >= 11 is 0. The summed E-state index contributed by atoms with van der Waals surface area (Å²) < 4.78 is 1.38. The Kier molecular flexibility index (Phi) is 7.45. The third-order valence-electron chi connectivity index (χ3n) is 7.26. The Morgan fingerprint density at radius 3 is 2.66 bits per heavy atom. The number of hydrogen-bond donors (Lipinski definition) is 2. The second-order valence-corrected chi connectivity index (χ2v) is 9.36. The Hall–Kier alpha value is -2.41. The van der Waals surface area contributed by atoms with Gasteiger partial charge in [-0.25, -0.2) is 4.79 Å². The lowest BCUT2D eigenvalue weighted by Crippen LogP contribution is -2.40. The highest BCUT2D eigenvalue weighted by Gasteiger charge is 2.21. The highest BCUT2D eigenvalue weighted by Crippen LogP contribution is 2.26. The summed E-state index contributed by atoms with van der Waals surface area (Å²) in [5, 5.41) is 3.45. The van der Waals surface area contributed by atoms with Crippen LogP contribution in [0.3, 0.4) is 0 Å². The quantitative estimate of drug-likeness (QED) is 0.644. The molecule has 7 heteroatoms. The molecular weight excluding hydrogens is 404 g/mol. The van der Waals surface area contributed by atoms with Crippen molar-refractivity contribution in [1.82, 2.24) is 19.8 Å². The fraction of sp³-hybridized carbons (Fsp3) is 0.640. The molecule has 1 saturated carbocycles. The van der Waals surface area contributed by atoms with Crippen molar-refractivity contribution in [2.75, 3.05) is 19.6 Å². The Morgan fingerprint density at radius 1 is 1.09 bits per heavy atom. The molecular formula is C25H36N4O3. The molecule has 174 valence electrons. The number of rotatable bonds is 7. The highest BCUT2D eigenvalue weighted by atomic mass is 16.2. The molecule has 2 aromatic rings. The first kappa shape index (κ1) is 22.8. The maximum Gasteiger partial charge on any atom is 0.329 e. The summed E-state index contributed by atoms with van der Waals surface area (Å²) in [6.45, 7) is 5.02. The van der Waals surface area contributed by atoms with Gasteiger partial charge in [0.25, 0.3) is 11.5 Å². The van der Waals surface area contributed by atoms with Gasteiger partial charge in [0.1, 0.15) is 0 Å². The molecule has 0 radical (unpaired) electrons. The molecule has 1 amide bonds. The van der Waals surface area contributed by atoms with Gasteiger partial charge < -0.3 is 15.2 Å². The number of carbonyl (C=O) groups is 1. The van der Waals surface area contributed by atoms with E-state index in [0.29, 0.717) is 29.1 Å². The number of aromatic nitrogens is 2. The van der Waals surface area contributed by atoms with E-state index in [-0.39, 0.29) is 23.2 Å². The normalized spacial score (nSPS) is 20.5. The van der Waals surface area contributed by atoms with E-state index in [1.54, 1.807) is 18.2 Å². The first-order valence-corrected chi connectivity index (χ1v) is 12.4. The van der Waals surface area contributed by atoms with Gasteiger partial charge in [-0.3, -0.25) is 14.2 Å². The van der Waals surface area contributed by atoms with E-state index < -0.39 is 0 Å². The number of nitrogens with one attached hydrogen (secondary N) is 2. The van der Waals surface area contributed by atoms with E-state index in [9.17, 15) is 14.4 Å². The molecule has 1 saturated heterocycles. The molecule has 7 nitrogen and oxygen atoms in total. The van der Waals surface area contributed by atoms with Gasteiger partial charge in [0.05, 0.1) is 10.9 Å². The second-order valence-electron chi connectivity index (χ2n) is 9.36. The van der Waals surface area contributed by atoms with Crippen LogP contribution in [0.5, 0.6) is 0 Å². The van der Waals surface area contributed by atoms with Crippen molar-refractivity contribution in [3.05, 3.63) is 44.6 Å². The number of fused-ring (bicyclic) bond motifs is 1. The SMILES string of the molecule is CCC1CCCCN1CCCNC(=O)c1ccc2c(=O)n(C3CCCCC3)c(=O)[nH]c2c1. The number of aromatic amines is 1. The number of carbonyl (C=O) groups excluding carboxylic acids is 1. The number of nitrogens with zero attached hydrogens (tertiary/aromatic N) is 2. The first-order valence-electron chi connectivity index (χ1n) is 12.4. The van der Waals surface area contributed by atoms with Crippen molar-refractivity contribution in [1.29, 1.82) is 0 Å². The first-order chi connectivity index (χ1) is 15.6. The van der Waals surface area contributed by atoms with Crippen LogP contribution in [0.15, 0.2) is 27.8 Å². The van der Waals surface area contributed by atoms with Crippen molar-refractivity contribution >= 4 is 16.8 Å². The minimum atomic E-state index is -0.376. The molecule has 1 unspecified atom stereocenters. The minimum Gasteiger partial charge on any atom is -0.352 e. The molecule has 1 aromatic heterocycles. The molecule has 1 aromatic carbocycles. The number of H-pyrrole nitrogens is 1. The van der Waals surface area contributed by atoms with Gasteiger partial charge in [-0.05, 0) is 63.3 Å². The van der Waals surface area contributed by atoms with Gasteiger partial charge in [0, 0.05) is 30.7 Å². The van der Waals surface area contributed by atoms with Crippen LogP contribution in [0.4, 0.5) is 0 Å². The van der Waals surface area contributed by atoms with Gasteiger partial charge in [0.2, 0.25) is 0 Å². The van der Waals surface area contributed by atoms with Crippen LogP contribution >= 0.6 is 0 Å². The van der Waals surface area contributed by atoms with Crippen LogP contribution < -0.4 is 16.6 Å². The molecule has 32 heavy (non-hydrogen) atoms. The number of hydrogen-bond acceptors (Lipinski definition) is 4. The van der Waals surface area contributed by atoms with Gasteiger partial charge in [-0.15, -0.1) is 0 Å². The molecule has 1 aliphatic carbocycles. The Morgan fingerprint density at radius 2 is 1.88 bits per heavy atom. The van der Waals surface area contributed by atoms with E-state index in [1.807, 2.05) is 0 Å². The molecule has 4 rings (SSSR count). The van der Waals surface area contributed by atoms with Crippen molar-refractivity contribution < 1.29 is 4.79 Å². The smallest absolute Gasteiger partial charge is 0.329 e.